The normalized spacial score (nSPS) is 10.5. The Morgan fingerprint density at radius 1 is 1.31 bits per heavy atom. The number of hydrogen-bond donors (Lipinski definition) is 1. The van der Waals surface area contributed by atoms with Crippen molar-refractivity contribution in [2.75, 3.05) is 27.2 Å². The van der Waals surface area contributed by atoms with E-state index in [1.807, 2.05) is 14.1 Å². The van der Waals surface area contributed by atoms with Crippen LogP contribution in [0.15, 0.2) is 24.3 Å². The van der Waals surface area contributed by atoms with E-state index in [2.05, 4.69) is 10.2 Å². The Hall–Kier alpha value is -1.42. The molecule has 16 heavy (non-hydrogen) atoms. The molecule has 1 amide bonds. The molecule has 0 fully saturated rings. The number of benzene rings is 1. The van der Waals surface area contributed by atoms with Gasteiger partial charge in [-0.1, -0.05) is 0 Å². The van der Waals surface area contributed by atoms with Crippen molar-refractivity contribution >= 4 is 5.91 Å². The SMILES string of the molecule is CN(C)CCCNC(=O)c1ccc([18F])cc1. The second kappa shape index (κ2) is 6.23. The molecule has 0 aliphatic carbocycles. The van der Waals surface area contributed by atoms with Gasteiger partial charge in [0.1, 0.15) is 5.82 Å². The lowest BCUT2D eigenvalue weighted by Gasteiger charge is -2.09. The highest BCUT2D eigenvalue weighted by molar-refractivity contribution is 5.94. The van der Waals surface area contributed by atoms with Gasteiger partial charge in [0.05, 0.1) is 0 Å². The average Bonchev–Trinajstić information content (AvgIpc) is 2.25. The van der Waals surface area contributed by atoms with Crippen molar-refractivity contribution in [3.63, 3.8) is 0 Å². The van der Waals surface area contributed by atoms with E-state index in [1.165, 1.54) is 24.3 Å². The molecule has 1 aromatic rings. The fourth-order valence-corrected chi connectivity index (χ4v) is 1.30. The van der Waals surface area contributed by atoms with Gasteiger partial charge >= 0.3 is 0 Å². The van der Waals surface area contributed by atoms with Crippen LogP contribution < -0.4 is 5.32 Å². The minimum atomic E-state index is -0.329. The quantitative estimate of drug-likeness (QED) is 0.767. The third-order valence-electron chi connectivity index (χ3n) is 2.17. The molecular weight excluding hydrogens is 206 g/mol. The molecule has 0 saturated carbocycles. The van der Waals surface area contributed by atoms with Crippen molar-refractivity contribution in [2.45, 2.75) is 6.42 Å². The van der Waals surface area contributed by atoms with Crippen LogP contribution in [0.25, 0.3) is 0 Å². The van der Waals surface area contributed by atoms with Crippen LogP contribution in [-0.2, 0) is 0 Å². The first kappa shape index (κ1) is 12.6. The first-order chi connectivity index (χ1) is 7.59. The van der Waals surface area contributed by atoms with Crippen molar-refractivity contribution in [1.82, 2.24) is 10.2 Å². The van der Waals surface area contributed by atoms with Gasteiger partial charge < -0.3 is 10.2 Å². The van der Waals surface area contributed by atoms with Crippen molar-refractivity contribution in [3.8, 4) is 0 Å². The number of carbonyl (C=O) groups excluding carboxylic acids is 1. The first-order valence-corrected chi connectivity index (χ1v) is 5.28. The highest BCUT2D eigenvalue weighted by atomic mass is 18.2. The summed E-state index contributed by atoms with van der Waals surface area (Å²) in [7, 11) is 3.98. The third-order valence-corrected chi connectivity index (χ3v) is 2.17. The molecule has 0 unspecified atom stereocenters. The Morgan fingerprint density at radius 2 is 1.94 bits per heavy atom. The topological polar surface area (TPSA) is 32.3 Å². The van der Waals surface area contributed by atoms with Crippen LogP contribution in [-0.4, -0.2) is 38.0 Å². The molecule has 0 heterocycles. The van der Waals surface area contributed by atoms with E-state index >= 15 is 0 Å². The second-order valence-electron chi connectivity index (χ2n) is 3.92. The summed E-state index contributed by atoms with van der Waals surface area (Å²) in [5, 5.41) is 2.79. The van der Waals surface area contributed by atoms with Crippen LogP contribution >= 0.6 is 0 Å². The fraction of sp³-hybridized carbons (Fsp3) is 0.417. The third kappa shape index (κ3) is 4.40. The number of amides is 1. The number of nitrogens with zero attached hydrogens (tertiary/aromatic N) is 1. The fourth-order valence-electron chi connectivity index (χ4n) is 1.30. The van der Waals surface area contributed by atoms with Gasteiger partial charge in [0.25, 0.3) is 5.91 Å². The summed E-state index contributed by atoms with van der Waals surface area (Å²) < 4.78 is 12.6. The minimum absolute atomic E-state index is 0.154. The number of rotatable bonds is 5. The van der Waals surface area contributed by atoms with Gasteiger partial charge in [-0.3, -0.25) is 4.79 Å². The van der Waals surface area contributed by atoms with Crippen LogP contribution in [0.4, 0.5) is 4.39 Å². The first-order valence-electron chi connectivity index (χ1n) is 5.28. The molecule has 1 rings (SSSR count). The van der Waals surface area contributed by atoms with E-state index < -0.39 is 0 Å². The van der Waals surface area contributed by atoms with Gasteiger partial charge in [-0.15, -0.1) is 0 Å². The van der Waals surface area contributed by atoms with E-state index in [0.29, 0.717) is 12.1 Å². The van der Waals surface area contributed by atoms with Gasteiger partial charge in [0.15, 0.2) is 0 Å². The summed E-state index contributed by atoms with van der Waals surface area (Å²) >= 11 is 0. The molecule has 0 aliphatic heterocycles. The number of nitrogens with one attached hydrogen (secondary N) is 1. The summed E-state index contributed by atoms with van der Waals surface area (Å²) in [5.41, 5.74) is 0.492. The predicted octanol–water partition coefficient (Wildman–Crippen LogP) is 1.51. The van der Waals surface area contributed by atoms with Crippen molar-refractivity contribution in [1.29, 1.82) is 0 Å². The summed E-state index contributed by atoms with van der Waals surface area (Å²) in [6.07, 6.45) is 0.903. The zero-order valence-corrected chi connectivity index (χ0v) is 9.66. The van der Waals surface area contributed by atoms with E-state index in [4.69, 9.17) is 0 Å². The number of halogens is 1. The molecule has 0 bridgehead atoms. The molecule has 0 radical (unpaired) electrons. The largest absolute Gasteiger partial charge is 0.352 e. The van der Waals surface area contributed by atoms with E-state index in [1.54, 1.807) is 0 Å². The Balaban J connectivity index is 2.32. The molecular formula is C12H17FN2O. The lowest BCUT2D eigenvalue weighted by Crippen LogP contribution is -2.27. The van der Waals surface area contributed by atoms with Crippen molar-refractivity contribution < 1.29 is 9.18 Å². The molecule has 0 aromatic heterocycles. The van der Waals surface area contributed by atoms with Crippen molar-refractivity contribution in [2.24, 2.45) is 0 Å². The van der Waals surface area contributed by atoms with Gasteiger partial charge in [-0.2, -0.15) is 0 Å². The van der Waals surface area contributed by atoms with Crippen LogP contribution in [0.3, 0.4) is 0 Å². The molecule has 3 nitrogen and oxygen atoms in total. The maximum atomic E-state index is 12.6. The minimum Gasteiger partial charge on any atom is -0.352 e. The number of carbonyl (C=O) groups is 1. The Bertz CT molecular complexity index is 335. The van der Waals surface area contributed by atoms with E-state index in [-0.39, 0.29) is 11.7 Å². The molecule has 0 atom stereocenters. The highest BCUT2D eigenvalue weighted by Gasteiger charge is 2.04. The summed E-state index contributed by atoms with van der Waals surface area (Å²) in [6, 6.07) is 5.54. The second-order valence-corrected chi connectivity index (χ2v) is 3.92. The Kier molecular flexibility index (Phi) is 4.92. The molecule has 1 N–H and O–H groups in total. The Morgan fingerprint density at radius 3 is 2.50 bits per heavy atom. The predicted molar refractivity (Wildman–Crippen MR) is 61.9 cm³/mol. The zero-order valence-electron chi connectivity index (χ0n) is 9.66. The lowest BCUT2D eigenvalue weighted by atomic mass is 10.2. The van der Waals surface area contributed by atoms with Crippen LogP contribution in [0.2, 0.25) is 0 Å². The van der Waals surface area contributed by atoms with E-state index in [0.717, 1.165) is 13.0 Å². The van der Waals surface area contributed by atoms with Crippen LogP contribution in [0.5, 0.6) is 0 Å². The Labute approximate surface area is 95.3 Å². The maximum Gasteiger partial charge on any atom is 0.251 e. The van der Waals surface area contributed by atoms with Crippen LogP contribution in [0.1, 0.15) is 16.8 Å². The monoisotopic (exact) mass is 223 g/mol. The highest BCUT2D eigenvalue weighted by Crippen LogP contribution is 2.02. The lowest BCUT2D eigenvalue weighted by molar-refractivity contribution is 0.0952. The standard InChI is InChI=1S/C12H17FN2O/c1-15(2)9-3-8-14-12(16)10-4-6-11(13)7-5-10/h4-7H,3,8-9H2,1-2H3,(H,14,16)/i13-1. The van der Waals surface area contributed by atoms with Gasteiger partial charge in [0.2, 0.25) is 0 Å². The molecule has 88 valence electrons. The van der Waals surface area contributed by atoms with Gasteiger partial charge in [-0.25, -0.2) is 4.39 Å². The molecule has 4 heteroatoms. The average molecular weight is 223 g/mol. The number of hydrogen-bond acceptors (Lipinski definition) is 2. The summed E-state index contributed by atoms with van der Waals surface area (Å²) in [6.45, 7) is 1.57. The van der Waals surface area contributed by atoms with Crippen LogP contribution in [0, 0.1) is 5.82 Å². The van der Waals surface area contributed by atoms with E-state index in [9.17, 15) is 9.18 Å². The summed E-state index contributed by atoms with van der Waals surface area (Å²) in [5.74, 6) is -0.483. The van der Waals surface area contributed by atoms with Gasteiger partial charge in [0, 0.05) is 12.1 Å². The molecule has 0 aliphatic rings. The molecule has 0 spiro atoms. The maximum absolute atomic E-state index is 12.6. The van der Waals surface area contributed by atoms with Crippen molar-refractivity contribution in [3.05, 3.63) is 35.6 Å². The molecule has 0 saturated heterocycles. The van der Waals surface area contributed by atoms with Gasteiger partial charge in [-0.05, 0) is 51.3 Å². The molecule has 1 aromatic carbocycles. The summed E-state index contributed by atoms with van der Waals surface area (Å²) in [4.78, 5) is 13.6. The smallest absolute Gasteiger partial charge is 0.251 e. The zero-order chi connectivity index (χ0) is 12.0.